The van der Waals surface area contributed by atoms with Crippen LogP contribution in [-0.2, 0) is 6.54 Å². The second kappa shape index (κ2) is 5.34. The summed E-state index contributed by atoms with van der Waals surface area (Å²) in [5, 5.41) is 3.16. The van der Waals surface area contributed by atoms with Gasteiger partial charge in [-0.2, -0.15) is 0 Å². The Balaban J connectivity index is 2.10. The molecule has 0 spiro atoms. The molecular formula is C13H15N5O. The molecule has 0 aliphatic heterocycles. The third-order valence-electron chi connectivity index (χ3n) is 2.63. The number of rotatable bonds is 4. The first-order chi connectivity index (χ1) is 9.06. The predicted octanol–water partition coefficient (Wildman–Crippen LogP) is 1.08. The van der Waals surface area contributed by atoms with Gasteiger partial charge in [0.1, 0.15) is 5.82 Å². The van der Waals surface area contributed by atoms with Crippen LogP contribution in [-0.4, -0.2) is 15.9 Å². The molecule has 19 heavy (non-hydrogen) atoms. The second-order valence-corrected chi connectivity index (χ2v) is 4.12. The molecule has 6 heteroatoms. The summed E-state index contributed by atoms with van der Waals surface area (Å²) >= 11 is 0. The van der Waals surface area contributed by atoms with Crippen molar-refractivity contribution in [3.05, 3.63) is 47.5 Å². The molecule has 1 heterocycles. The molecule has 2 rings (SSSR count). The highest BCUT2D eigenvalue weighted by atomic mass is 16.1. The van der Waals surface area contributed by atoms with E-state index in [4.69, 9.17) is 11.5 Å². The highest BCUT2D eigenvalue weighted by Gasteiger charge is 2.05. The van der Waals surface area contributed by atoms with E-state index in [-0.39, 0.29) is 0 Å². The minimum Gasteiger partial charge on any atom is -0.397 e. The lowest BCUT2D eigenvalue weighted by Gasteiger charge is -2.10. The highest BCUT2D eigenvalue weighted by Crippen LogP contribution is 2.20. The van der Waals surface area contributed by atoms with Gasteiger partial charge in [-0.15, -0.1) is 0 Å². The van der Waals surface area contributed by atoms with E-state index in [0.29, 0.717) is 17.8 Å². The number of nitrogens with zero attached hydrogens (tertiary/aromatic N) is 2. The van der Waals surface area contributed by atoms with Gasteiger partial charge in [-0.3, -0.25) is 4.79 Å². The molecule has 6 nitrogen and oxygen atoms in total. The van der Waals surface area contributed by atoms with Gasteiger partial charge in [0.2, 0.25) is 5.91 Å². The van der Waals surface area contributed by atoms with Crippen molar-refractivity contribution in [2.45, 2.75) is 13.5 Å². The fraction of sp³-hybridized carbons (Fsp3) is 0.154. The van der Waals surface area contributed by atoms with Crippen LogP contribution < -0.4 is 16.8 Å². The number of aromatic nitrogens is 2. The fourth-order valence-corrected chi connectivity index (χ4v) is 1.67. The van der Waals surface area contributed by atoms with Crippen LogP contribution in [0.25, 0.3) is 0 Å². The molecule has 0 aliphatic carbocycles. The molecule has 2 aromatic rings. The maximum absolute atomic E-state index is 11.0. The maximum atomic E-state index is 11.0. The van der Waals surface area contributed by atoms with Gasteiger partial charge in [0.05, 0.1) is 23.6 Å². The van der Waals surface area contributed by atoms with Crippen molar-refractivity contribution in [2.75, 3.05) is 11.1 Å². The van der Waals surface area contributed by atoms with E-state index >= 15 is 0 Å². The van der Waals surface area contributed by atoms with Crippen molar-refractivity contribution in [3.8, 4) is 0 Å². The van der Waals surface area contributed by atoms with Crippen LogP contribution in [0.4, 0.5) is 11.4 Å². The van der Waals surface area contributed by atoms with E-state index in [1.165, 1.54) is 0 Å². The quantitative estimate of drug-likeness (QED) is 0.710. The SMILES string of the molecule is Cc1nccc(CNc2ccc(C(N)=O)cc2N)n1. The van der Waals surface area contributed by atoms with E-state index in [9.17, 15) is 4.79 Å². The number of carbonyl (C=O) groups is 1. The number of anilines is 2. The zero-order valence-corrected chi connectivity index (χ0v) is 10.6. The molecule has 0 bridgehead atoms. The maximum Gasteiger partial charge on any atom is 0.248 e. The van der Waals surface area contributed by atoms with Crippen molar-refractivity contribution >= 4 is 17.3 Å². The summed E-state index contributed by atoms with van der Waals surface area (Å²) in [7, 11) is 0. The van der Waals surface area contributed by atoms with Crippen molar-refractivity contribution in [1.29, 1.82) is 0 Å². The number of amides is 1. The Kier molecular flexibility index (Phi) is 3.61. The Morgan fingerprint density at radius 1 is 1.37 bits per heavy atom. The van der Waals surface area contributed by atoms with Gasteiger partial charge < -0.3 is 16.8 Å². The standard InChI is InChI=1S/C13H15N5O/c1-8-16-5-4-10(18-8)7-17-12-3-2-9(13(15)19)6-11(12)14/h2-6,17H,7,14H2,1H3,(H2,15,19). The highest BCUT2D eigenvalue weighted by molar-refractivity contribution is 5.94. The molecule has 0 radical (unpaired) electrons. The largest absolute Gasteiger partial charge is 0.397 e. The topological polar surface area (TPSA) is 107 Å². The number of primary amides is 1. The van der Waals surface area contributed by atoms with Crippen LogP contribution in [0.5, 0.6) is 0 Å². The Hall–Kier alpha value is -2.63. The first kappa shape index (κ1) is 12.8. The van der Waals surface area contributed by atoms with Gasteiger partial charge >= 0.3 is 0 Å². The predicted molar refractivity (Wildman–Crippen MR) is 73.5 cm³/mol. The van der Waals surface area contributed by atoms with Crippen LogP contribution in [0.2, 0.25) is 0 Å². The molecule has 0 saturated heterocycles. The zero-order chi connectivity index (χ0) is 13.8. The van der Waals surface area contributed by atoms with Crippen molar-refractivity contribution in [1.82, 2.24) is 9.97 Å². The van der Waals surface area contributed by atoms with Crippen LogP contribution in [0.15, 0.2) is 30.5 Å². The molecule has 0 aliphatic rings. The zero-order valence-electron chi connectivity index (χ0n) is 10.6. The molecule has 98 valence electrons. The summed E-state index contributed by atoms with van der Waals surface area (Å²) in [6.45, 7) is 2.36. The van der Waals surface area contributed by atoms with Gasteiger partial charge in [-0.1, -0.05) is 0 Å². The van der Waals surface area contributed by atoms with E-state index in [2.05, 4.69) is 15.3 Å². The molecule has 1 aromatic carbocycles. The first-order valence-corrected chi connectivity index (χ1v) is 5.78. The van der Waals surface area contributed by atoms with Gasteiger partial charge in [0, 0.05) is 11.8 Å². The van der Waals surface area contributed by atoms with Gasteiger partial charge in [0.15, 0.2) is 0 Å². The fourth-order valence-electron chi connectivity index (χ4n) is 1.67. The number of nitrogens with one attached hydrogen (secondary N) is 1. The second-order valence-electron chi connectivity index (χ2n) is 4.12. The van der Waals surface area contributed by atoms with Gasteiger partial charge in [-0.25, -0.2) is 9.97 Å². The van der Waals surface area contributed by atoms with E-state index < -0.39 is 5.91 Å². The van der Waals surface area contributed by atoms with Crippen molar-refractivity contribution < 1.29 is 4.79 Å². The molecule has 0 unspecified atom stereocenters. The summed E-state index contributed by atoms with van der Waals surface area (Å²) in [6.07, 6.45) is 1.71. The smallest absolute Gasteiger partial charge is 0.248 e. The molecule has 0 atom stereocenters. The monoisotopic (exact) mass is 257 g/mol. The molecule has 0 saturated carbocycles. The Labute approximate surface area is 110 Å². The minimum atomic E-state index is -0.496. The number of aryl methyl sites for hydroxylation is 1. The Bertz CT molecular complexity index is 612. The number of hydrogen-bond donors (Lipinski definition) is 3. The lowest BCUT2D eigenvalue weighted by Crippen LogP contribution is -2.12. The molecule has 0 fully saturated rings. The molecule has 1 aromatic heterocycles. The third-order valence-corrected chi connectivity index (χ3v) is 2.63. The molecule has 1 amide bonds. The van der Waals surface area contributed by atoms with Crippen LogP contribution in [0.3, 0.4) is 0 Å². The third kappa shape index (κ3) is 3.19. The lowest BCUT2D eigenvalue weighted by atomic mass is 10.1. The summed E-state index contributed by atoms with van der Waals surface area (Å²) < 4.78 is 0. The average molecular weight is 257 g/mol. The first-order valence-electron chi connectivity index (χ1n) is 5.78. The summed E-state index contributed by atoms with van der Waals surface area (Å²) in [5.74, 6) is 0.223. The number of carbonyl (C=O) groups excluding carboxylic acids is 1. The van der Waals surface area contributed by atoms with Crippen LogP contribution in [0, 0.1) is 6.92 Å². The normalized spacial score (nSPS) is 10.2. The molecule has 5 N–H and O–H groups in total. The van der Waals surface area contributed by atoms with Crippen LogP contribution >= 0.6 is 0 Å². The number of benzene rings is 1. The summed E-state index contributed by atoms with van der Waals surface area (Å²) in [5.41, 5.74) is 13.5. The average Bonchev–Trinajstić information content (AvgIpc) is 2.37. The van der Waals surface area contributed by atoms with E-state index in [1.54, 1.807) is 24.4 Å². The minimum absolute atomic E-state index is 0.390. The number of nitrogens with two attached hydrogens (primary N) is 2. The molecular weight excluding hydrogens is 242 g/mol. The Morgan fingerprint density at radius 3 is 2.79 bits per heavy atom. The summed E-state index contributed by atoms with van der Waals surface area (Å²) in [4.78, 5) is 19.3. The summed E-state index contributed by atoms with van der Waals surface area (Å²) in [6, 6.07) is 6.74. The van der Waals surface area contributed by atoms with Crippen molar-refractivity contribution in [2.24, 2.45) is 5.73 Å². The van der Waals surface area contributed by atoms with Crippen LogP contribution in [0.1, 0.15) is 21.9 Å². The Morgan fingerprint density at radius 2 is 2.16 bits per heavy atom. The lowest BCUT2D eigenvalue weighted by molar-refractivity contribution is 0.100. The van der Waals surface area contributed by atoms with E-state index in [0.717, 1.165) is 17.2 Å². The van der Waals surface area contributed by atoms with Crippen molar-refractivity contribution in [3.63, 3.8) is 0 Å². The number of nitrogen functional groups attached to an aromatic ring is 1. The number of hydrogen-bond acceptors (Lipinski definition) is 5. The van der Waals surface area contributed by atoms with Gasteiger partial charge in [-0.05, 0) is 31.2 Å². The van der Waals surface area contributed by atoms with E-state index in [1.807, 2.05) is 13.0 Å². The van der Waals surface area contributed by atoms with Gasteiger partial charge in [0.25, 0.3) is 0 Å².